The van der Waals surface area contributed by atoms with Crippen molar-refractivity contribution in [2.24, 2.45) is 0 Å². The lowest BCUT2D eigenvalue weighted by atomic mass is 10.2. The van der Waals surface area contributed by atoms with Crippen LogP contribution in [0, 0.1) is 12.3 Å². The molecule has 0 aliphatic rings. The molecule has 2 heteroatoms. The predicted molar refractivity (Wildman–Crippen MR) is 57.9 cm³/mol. The third kappa shape index (κ3) is 1.80. The molecule has 62 valence electrons. The molecule has 0 saturated heterocycles. The zero-order chi connectivity index (χ0) is 8.97. The van der Waals surface area contributed by atoms with E-state index in [9.17, 15) is 0 Å². The first-order valence-corrected chi connectivity index (χ1v) is 5.96. The minimum absolute atomic E-state index is 0.995. The summed E-state index contributed by atoms with van der Waals surface area (Å²) in [7, 11) is 0. The molecule has 1 aromatic carbocycles. The topological polar surface area (TPSA) is 0 Å². The number of hydrogen-bond donors (Lipinski definition) is 0. The summed E-state index contributed by atoms with van der Waals surface area (Å²) in [6.45, 7) is 0. The molecule has 1 rings (SSSR count). The fourth-order valence-electron chi connectivity index (χ4n) is 1.00. The molecule has 0 unspecified atom stereocenters. The monoisotopic (exact) mass is 194 g/mol. The molecule has 0 amide bonds. The quantitative estimate of drug-likeness (QED) is 0.524. The Morgan fingerprint density at radius 2 is 2.00 bits per heavy atom. The summed E-state index contributed by atoms with van der Waals surface area (Å²) in [6, 6.07) is 6.07. The van der Waals surface area contributed by atoms with Gasteiger partial charge >= 0.3 is 0 Å². The van der Waals surface area contributed by atoms with Gasteiger partial charge in [-0.25, -0.2) is 0 Å². The third-order valence-electron chi connectivity index (χ3n) is 1.56. The lowest BCUT2D eigenvalue weighted by Gasteiger charge is -2.05. The molecular formula is C10H10S2. The zero-order valence-electron chi connectivity index (χ0n) is 7.13. The van der Waals surface area contributed by atoms with E-state index < -0.39 is 0 Å². The smallest absolute Gasteiger partial charge is 0.0389 e. The first-order chi connectivity index (χ1) is 5.83. The van der Waals surface area contributed by atoms with Gasteiger partial charge in [0.1, 0.15) is 0 Å². The average molecular weight is 194 g/mol. The maximum Gasteiger partial charge on any atom is 0.0389 e. The van der Waals surface area contributed by atoms with Gasteiger partial charge in [-0.3, -0.25) is 0 Å². The average Bonchev–Trinajstić information content (AvgIpc) is 2.16. The van der Waals surface area contributed by atoms with E-state index in [1.54, 1.807) is 23.5 Å². The maximum atomic E-state index is 5.38. The van der Waals surface area contributed by atoms with Crippen molar-refractivity contribution >= 4 is 23.5 Å². The molecule has 0 aromatic heterocycles. The normalized spacial score (nSPS) is 9.42. The van der Waals surface area contributed by atoms with Crippen LogP contribution in [-0.2, 0) is 0 Å². The van der Waals surface area contributed by atoms with Crippen molar-refractivity contribution < 1.29 is 0 Å². The van der Waals surface area contributed by atoms with Crippen LogP contribution in [0.25, 0.3) is 0 Å². The SMILES string of the molecule is C#Cc1cccc(SC)c1SC. The summed E-state index contributed by atoms with van der Waals surface area (Å²) in [5.74, 6) is 2.69. The highest BCUT2D eigenvalue weighted by molar-refractivity contribution is 8.01. The largest absolute Gasteiger partial charge is 0.128 e. The standard InChI is InChI=1S/C10H10S2/c1-4-8-6-5-7-9(11-2)10(8)12-3/h1,5-7H,2-3H3. The number of rotatable bonds is 2. The molecule has 0 fully saturated rings. The van der Waals surface area contributed by atoms with Crippen molar-refractivity contribution in [2.75, 3.05) is 12.5 Å². The Morgan fingerprint density at radius 3 is 2.50 bits per heavy atom. The van der Waals surface area contributed by atoms with Gasteiger partial charge in [0.15, 0.2) is 0 Å². The van der Waals surface area contributed by atoms with Gasteiger partial charge in [0.25, 0.3) is 0 Å². The lowest BCUT2D eigenvalue weighted by molar-refractivity contribution is 1.23. The molecule has 0 heterocycles. The number of hydrogen-bond acceptors (Lipinski definition) is 2. The minimum Gasteiger partial charge on any atom is -0.128 e. The minimum atomic E-state index is 0.995. The summed E-state index contributed by atoms with van der Waals surface area (Å²) in [6.07, 6.45) is 9.49. The van der Waals surface area contributed by atoms with Crippen LogP contribution < -0.4 is 0 Å². The van der Waals surface area contributed by atoms with Crippen LogP contribution in [0.1, 0.15) is 5.56 Å². The maximum absolute atomic E-state index is 5.38. The van der Waals surface area contributed by atoms with Gasteiger partial charge < -0.3 is 0 Å². The second-order valence-electron chi connectivity index (χ2n) is 2.19. The molecule has 0 nitrogen and oxygen atoms in total. The Kier molecular flexibility index (Phi) is 3.58. The van der Waals surface area contributed by atoms with Crippen molar-refractivity contribution in [3.63, 3.8) is 0 Å². The molecule has 0 bridgehead atoms. The number of terminal acetylenes is 1. The fourth-order valence-corrected chi connectivity index (χ4v) is 2.63. The van der Waals surface area contributed by atoms with Crippen molar-refractivity contribution in [1.29, 1.82) is 0 Å². The van der Waals surface area contributed by atoms with Gasteiger partial charge in [-0.05, 0) is 24.6 Å². The van der Waals surface area contributed by atoms with Crippen molar-refractivity contribution in [3.8, 4) is 12.3 Å². The summed E-state index contributed by atoms with van der Waals surface area (Å²) in [5.41, 5.74) is 0.995. The van der Waals surface area contributed by atoms with Crippen LogP contribution in [0.3, 0.4) is 0 Å². The van der Waals surface area contributed by atoms with Crippen molar-refractivity contribution in [1.82, 2.24) is 0 Å². The van der Waals surface area contributed by atoms with Crippen LogP contribution in [0.4, 0.5) is 0 Å². The van der Waals surface area contributed by atoms with Gasteiger partial charge in [0.05, 0.1) is 0 Å². The van der Waals surface area contributed by atoms with E-state index in [-0.39, 0.29) is 0 Å². The molecule has 0 saturated carbocycles. The molecule has 12 heavy (non-hydrogen) atoms. The highest BCUT2D eigenvalue weighted by Gasteiger charge is 2.03. The fraction of sp³-hybridized carbons (Fsp3) is 0.200. The Hall–Kier alpha value is -0.520. The number of thioether (sulfide) groups is 2. The third-order valence-corrected chi connectivity index (χ3v) is 3.32. The Balaban J connectivity index is 3.24. The summed E-state index contributed by atoms with van der Waals surface area (Å²) in [4.78, 5) is 2.48. The van der Waals surface area contributed by atoms with Crippen LogP contribution in [-0.4, -0.2) is 12.5 Å². The predicted octanol–water partition coefficient (Wildman–Crippen LogP) is 3.11. The van der Waals surface area contributed by atoms with Gasteiger partial charge in [0, 0.05) is 15.4 Å². The van der Waals surface area contributed by atoms with Crippen LogP contribution in [0.15, 0.2) is 28.0 Å². The first-order valence-electron chi connectivity index (χ1n) is 3.51. The van der Waals surface area contributed by atoms with E-state index in [1.807, 2.05) is 12.1 Å². The lowest BCUT2D eigenvalue weighted by Crippen LogP contribution is -1.82. The molecule has 0 radical (unpaired) electrons. The van der Waals surface area contributed by atoms with Crippen LogP contribution in [0.5, 0.6) is 0 Å². The van der Waals surface area contributed by atoms with Gasteiger partial charge in [-0.1, -0.05) is 12.0 Å². The van der Waals surface area contributed by atoms with E-state index in [0.29, 0.717) is 0 Å². The molecule has 0 aliphatic carbocycles. The van der Waals surface area contributed by atoms with Crippen molar-refractivity contribution in [2.45, 2.75) is 9.79 Å². The van der Waals surface area contributed by atoms with Crippen LogP contribution in [0.2, 0.25) is 0 Å². The van der Waals surface area contributed by atoms with Gasteiger partial charge in [-0.15, -0.1) is 29.9 Å². The van der Waals surface area contributed by atoms with E-state index in [1.165, 1.54) is 9.79 Å². The highest BCUT2D eigenvalue weighted by atomic mass is 32.2. The Bertz CT molecular complexity index is 310. The Morgan fingerprint density at radius 1 is 1.25 bits per heavy atom. The van der Waals surface area contributed by atoms with Gasteiger partial charge in [-0.2, -0.15) is 0 Å². The molecule has 0 spiro atoms. The molecule has 0 aliphatic heterocycles. The Labute approximate surface area is 82.1 Å². The first kappa shape index (κ1) is 9.57. The van der Waals surface area contributed by atoms with E-state index >= 15 is 0 Å². The van der Waals surface area contributed by atoms with E-state index in [4.69, 9.17) is 6.42 Å². The molecule has 1 aromatic rings. The zero-order valence-corrected chi connectivity index (χ0v) is 8.76. The van der Waals surface area contributed by atoms with E-state index in [0.717, 1.165) is 5.56 Å². The summed E-state index contributed by atoms with van der Waals surface area (Å²) >= 11 is 3.44. The summed E-state index contributed by atoms with van der Waals surface area (Å²) in [5, 5.41) is 0. The molecule has 0 atom stereocenters. The second-order valence-corrected chi connectivity index (χ2v) is 3.85. The highest BCUT2D eigenvalue weighted by Crippen LogP contribution is 2.30. The second kappa shape index (κ2) is 4.49. The van der Waals surface area contributed by atoms with E-state index in [2.05, 4.69) is 24.5 Å². The van der Waals surface area contributed by atoms with Crippen LogP contribution >= 0.6 is 23.5 Å². The summed E-state index contributed by atoms with van der Waals surface area (Å²) < 4.78 is 0. The van der Waals surface area contributed by atoms with Gasteiger partial charge in [0.2, 0.25) is 0 Å². The number of benzene rings is 1. The molecule has 0 N–H and O–H groups in total. The molecular weight excluding hydrogens is 184 g/mol. The van der Waals surface area contributed by atoms with Crippen molar-refractivity contribution in [3.05, 3.63) is 23.8 Å².